The fourth-order valence-electron chi connectivity index (χ4n) is 2.73. The van der Waals surface area contributed by atoms with Crippen LogP contribution in [0.3, 0.4) is 0 Å². The van der Waals surface area contributed by atoms with E-state index in [1.807, 2.05) is 19.1 Å². The fourth-order valence-corrected chi connectivity index (χ4v) is 4.06. The molecule has 1 aromatic rings. The van der Waals surface area contributed by atoms with Gasteiger partial charge in [-0.25, -0.2) is 8.42 Å². The van der Waals surface area contributed by atoms with E-state index >= 15 is 0 Å². The number of nitrogens with two attached hydrogens (primary N) is 1. The highest BCUT2D eigenvalue weighted by molar-refractivity contribution is 7.91. The highest BCUT2D eigenvalue weighted by Gasteiger charge is 2.23. The van der Waals surface area contributed by atoms with E-state index in [4.69, 9.17) is 5.73 Å². The van der Waals surface area contributed by atoms with Crippen LogP contribution >= 0.6 is 0 Å². The monoisotopic (exact) mass is 296 g/mol. The Bertz CT molecular complexity index is 525. The summed E-state index contributed by atoms with van der Waals surface area (Å²) in [6.45, 7) is 2.74. The molecule has 0 saturated heterocycles. The molecule has 0 spiro atoms. The van der Waals surface area contributed by atoms with E-state index in [-0.39, 0.29) is 5.75 Å². The molecular formula is C15H24N2O2S. The average Bonchev–Trinajstić information content (AvgIpc) is 2.82. The zero-order valence-corrected chi connectivity index (χ0v) is 12.8. The van der Waals surface area contributed by atoms with Crippen LogP contribution in [0.4, 0.5) is 5.69 Å². The molecule has 20 heavy (non-hydrogen) atoms. The van der Waals surface area contributed by atoms with Gasteiger partial charge in [0.15, 0.2) is 9.84 Å². The van der Waals surface area contributed by atoms with Gasteiger partial charge in [-0.1, -0.05) is 13.3 Å². The van der Waals surface area contributed by atoms with E-state index in [0.717, 1.165) is 18.7 Å². The molecule has 1 aliphatic carbocycles. The van der Waals surface area contributed by atoms with Crippen molar-refractivity contribution in [2.24, 2.45) is 11.7 Å². The SMILES string of the molecule is CCCS(=O)(=O)c1ccc(NCC2CCCC2N)cc1. The van der Waals surface area contributed by atoms with Gasteiger partial charge in [0, 0.05) is 18.3 Å². The van der Waals surface area contributed by atoms with Crippen molar-refractivity contribution in [1.82, 2.24) is 0 Å². The molecule has 0 bridgehead atoms. The first kappa shape index (κ1) is 15.3. The minimum absolute atomic E-state index is 0.205. The summed E-state index contributed by atoms with van der Waals surface area (Å²) >= 11 is 0. The van der Waals surface area contributed by atoms with Crippen molar-refractivity contribution in [2.45, 2.75) is 43.5 Å². The maximum absolute atomic E-state index is 11.9. The van der Waals surface area contributed by atoms with Crippen LogP contribution in [-0.4, -0.2) is 26.8 Å². The molecular weight excluding hydrogens is 272 g/mol. The van der Waals surface area contributed by atoms with Crippen molar-refractivity contribution in [3.05, 3.63) is 24.3 Å². The molecule has 2 atom stereocenters. The van der Waals surface area contributed by atoms with Gasteiger partial charge in [0.05, 0.1) is 10.6 Å². The fraction of sp³-hybridized carbons (Fsp3) is 0.600. The number of anilines is 1. The third-order valence-corrected chi connectivity index (χ3v) is 5.91. The van der Waals surface area contributed by atoms with Crippen LogP contribution < -0.4 is 11.1 Å². The van der Waals surface area contributed by atoms with Crippen LogP contribution in [0.5, 0.6) is 0 Å². The Kier molecular flexibility index (Phi) is 5.05. The van der Waals surface area contributed by atoms with E-state index in [2.05, 4.69) is 5.32 Å². The van der Waals surface area contributed by atoms with Gasteiger partial charge in [0.2, 0.25) is 0 Å². The lowest BCUT2D eigenvalue weighted by Gasteiger charge is -2.16. The van der Waals surface area contributed by atoms with E-state index in [1.165, 1.54) is 12.8 Å². The largest absolute Gasteiger partial charge is 0.385 e. The number of sulfone groups is 1. The molecule has 1 aliphatic rings. The van der Waals surface area contributed by atoms with Crippen molar-refractivity contribution in [2.75, 3.05) is 17.6 Å². The third kappa shape index (κ3) is 3.73. The summed E-state index contributed by atoms with van der Waals surface area (Å²) in [5, 5.41) is 3.35. The highest BCUT2D eigenvalue weighted by atomic mass is 32.2. The molecule has 0 amide bonds. The van der Waals surface area contributed by atoms with E-state index in [0.29, 0.717) is 23.3 Å². The van der Waals surface area contributed by atoms with Gasteiger partial charge in [-0.05, 0) is 49.4 Å². The molecule has 0 aromatic heterocycles. The Morgan fingerprint density at radius 3 is 2.50 bits per heavy atom. The number of rotatable bonds is 6. The molecule has 2 rings (SSSR count). The lowest BCUT2D eigenvalue weighted by molar-refractivity contribution is 0.505. The molecule has 2 unspecified atom stereocenters. The second-order valence-corrected chi connectivity index (χ2v) is 7.69. The summed E-state index contributed by atoms with van der Waals surface area (Å²) in [6, 6.07) is 7.34. The second kappa shape index (κ2) is 6.59. The van der Waals surface area contributed by atoms with Gasteiger partial charge >= 0.3 is 0 Å². The van der Waals surface area contributed by atoms with Crippen LogP contribution in [0, 0.1) is 5.92 Å². The van der Waals surface area contributed by atoms with E-state index in [9.17, 15) is 8.42 Å². The number of hydrogen-bond acceptors (Lipinski definition) is 4. The van der Waals surface area contributed by atoms with E-state index in [1.54, 1.807) is 12.1 Å². The normalized spacial score (nSPS) is 22.9. The highest BCUT2D eigenvalue weighted by Crippen LogP contribution is 2.24. The lowest BCUT2D eigenvalue weighted by atomic mass is 10.0. The van der Waals surface area contributed by atoms with E-state index < -0.39 is 9.84 Å². The van der Waals surface area contributed by atoms with Crippen LogP contribution in [0.2, 0.25) is 0 Å². The molecule has 0 heterocycles. The van der Waals surface area contributed by atoms with Gasteiger partial charge < -0.3 is 11.1 Å². The average molecular weight is 296 g/mol. The van der Waals surface area contributed by atoms with Crippen molar-refractivity contribution >= 4 is 15.5 Å². The van der Waals surface area contributed by atoms with Crippen LogP contribution in [0.1, 0.15) is 32.6 Å². The minimum Gasteiger partial charge on any atom is -0.385 e. The van der Waals surface area contributed by atoms with Crippen molar-refractivity contribution in [3.63, 3.8) is 0 Å². The van der Waals surface area contributed by atoms with Crippen molar-refractivity contribution < 1.29 is 8.42 Å². The summed E-state index contributed by atoms with van der Waals surface area (Å²) in [7, 11) is -3.11. The summed E-state index contributed by atoms with van der Waals surface area (Å²) in [5.74, 6) is 0.731. The first-order valence-corrected chi connectivity index (χ1v) is 9.00. The molecule has 5 heteroatoms. The summed E-state index contributed by atoms with van der Waals surface area (Å²) in [6.07, 6.45) is 4.14. The summed E-state index contributed by atoms with van der Waals surface area (Å²) < 4.78 is 23.8. The predicted molar refractivity (Wildman–Crippen MR) is 82.6 cm³/mol. The molecule has 1 fully saturated rings. The Morgan fingerprint density at radius 1 is 1.25 bits per heavy atom. The van der Waals surface area contributed by atoms with Crippen LogP contribution in [-0.2, 0) is 9.84 Å². The summed E-state index contributed by atoms with van der Waals surface area (Å²) in [5.41, 5.74) is 7.00. The topological polar surface area (TPSA) is 72.2 Å². The van der Waals surface area contributed by atoms with Crippen molar-refractivity contribution in [1.29, 1.82) is 0 Å². The Hall–Kier alpha value is -1.07. The Labute approximate surface area is 121 Å². The van der Waals surface area contributed by atoms with Gasteiger partial charge in [-0.15, -0.1) is 0 Å². The molecule has 112 valence electrons. The zero-order chi connectivity index (χ0) is 14.6. The maximum atomic E-state index is 11.9. The van der Waals surface area contributed by atoms with Crippen molar-refractivity contribution in [3.8, 4) is 0 Å². The standard InChI is InChI=1S/C15H24N2O2S/c1-2-10-20(18,19)14-8-6-13(7-9-14)17-11-12-4-3-5-15(12)16/h6-9,12,15,17H,2-5,10-11,16H2,1H3. The number of benzene rings is 1. The Morgan fingerprint density at radius 2 is 1.95 bits per heavy atom. The molecule has 3 N–H and O–H groups in total. The number of hydrogen-bond donors (Lipinski definition) is 2. The third-order valence-electron chi connectivity index (χ3n) is 3.97. The molecule has 4 nitrogen and oxygen atoms in total. The van der Waals surface area contributed by atoms with Gasteiger partial charge in [0.25, 0.3) is 0 Å². The second-order valence-electron chi connectivity index (χ2n) is 5.58. The lowest BCUT2D eigenvalue weighted by Crippen LogP contribution is -2.29. The Balaban J connectivity index is 1.95. The molecule has 1 aromatic carbocycles. The smallest absolute Gasteiger partial charge is 0.178 e. The molecule has 0 radical (unpaired) electrons. The quantitative estimate of drug-likeness (QED) is 0.845. The zero-order valence-electron chi connectivity index (χ0n) is 12.0. The molecule has 0 aliphatic heterocycles. The first-order valence-electron chi connectivity index (χ1n) is 7.35. The minimum atomic E-state index is -3.11. The molecule has 1 saturated carbocycles. The van der Waals surface area contributed by atoms with Crippen LogP contribution in [0.15, 0.2) is 29.2 Å². The van der Waals surface area contributed by atoms with Gasteiger partial charge in [0.1, 0.15) is 0 Å². The van der Waals surface area contributed by atoms with Gasteiger partial charge in [-0.2, -0.15) is 0 Å². The number of nitrogens with one attached hydrogen (secondary N) is 1. The first-order chi connectivity index (χ1) is 9.53. The maximum Gasteiger partial charge on any atom is 0.178 e. The van der Waals surface area contributed by atoms with Crippen LogP contribution in [0.25, 0.3) is 0 Å². The predicted octanol–water partition coefficient (Wildman–Crippen LogP) is 2.41. The van der Waals surface area contributed by atoms with Gasteiger partial charge in [-0.3, -0.25) is 0 Å². The summed E-state index contributed by atoms with van der Waals surface area (Å²) in [4.78, 5) is 0.405.